The lowest BCUT2D eigenvalue weighted by Crippen LogP contribution is -1.87. The van der Waals surface area contributed by atoms with Crippen LogP contribution in [0.3, 0.4) is 0 Å². The fourth-order valence-electron chi connectivity index (χ4n) is 0.357. The van der Waals surface area contributed by atoms with Gasteiger partial charge < -0.3 is 10.3 Å². The Balaban J connectivity index is 2.76. The molecule has 0 saturated carbocycles. The Labute approximate surface area is 41.8 Å². The molecule has 1 rings (SSSR count). The van der Waals surface area contributed by atoms with E-state index in [1.54, 1.807) is 13.2 Å². The minimum atomic E-state index is 0.750. The van der Waals surface area contributed by atoms with Gasteiger partial charge in [0.15, 0.2) is 5.95 Å². The van der Waals surface area contributed by atoms with E-state index >= 15 is 0 Å². The van der Waals surface area contributed by atoms with Crippen LogP contribution >= 0.6 is 0 Å². The van der Waals surface area contributed by atoms with Gasteiger partial charge in [-0.3, -0.25) is 0 Å². The van der Waals surface area contributed by atoms with E-state index in [-0.39, 0.29) is 0 Å². The van der Waals surface area contributed by atoms with Gasteiger partial charge in [0, 0.05) is 7.05 Å². The highest BCUT2D eigenvalue weighted by molar-refractivity contribution is 5.19. The molecule has 0 unspecified atom stereocenters. The molecule has 0 bridgehead atoms. The molecule has 1 aromatic rings. The summed E-state index contributed by atoms with van der Waals surface area (Å²) in [6.07, 6.45) is 4.26. The number of nitrogens with one attached hydrogen (secondary N) is 2. The Morgan fingerprint density at radius 3 is 3.14 bits per heavy atom. The molecule has 0 aliphatic heterocycles. The lowest BCUT2D eigenvalue weighted by molar-refractivity contribution is 1.26. The highest BCUT2D eigenvalue weighted by Gasteiger charge is 1.81. The maximum atomic E-state index is 3.81. The number of H-pyrrole nitrogens is 1. The molecule has 0 spiro atoms. The fraction of sp³-hybridized carbons (Fsp3) is 0.250. The summed E-state index contributed by atoms with van der Waals surface area (Å²) in [6.45, 7) is 0. The number of imidazole rings is 1. The molecule has 7 heavy (non-hydrogen) atoms. The molecule has 0 atom stereocenters. The van der Waals surface area contributed by atoms with Crippen LogP contribution in [0.25, 0.3) is 0 Å². The van der Waals surface area contributed by atoms with Crippen molar-refractivity contribution in [3.63, 3.8) is 0 Å². The zero-order valence-electron chi connectivity index (χ0n) is 4.02. The minimum Gasteiger partial charge on any atom is -0.359 e. The quantitative estimate of drug-likeness (QED) is 0.526. The predicted molar refractivity (Wildman–Crippen MR) is 27.0 cm³/mol. The SMILES string of the molecule is CNc1nc[c][nH]1. The van der Waals surface area contributed by atoms with Crippen LogP contribution in [0.2, 0.25) is 0 Å². The fourth-order valence-corrected chi connectivity index (χ4v) is 0.357. The van der Waals surface area contributed by atoms with Crippen LogP contribution in [0.15, 0.2) is 6.20 Å². The summed E-state index contributed by atoms with van der Waals surface area (Å²) in [5, 5.41) is 2.81. The van der Waals surface area contributed by atoms with Crippen LogP contribution in [0.5, 0.6) is 0 Å². The molecule has 2 N–H and O–H groups in total. The van der Waals surface area contributed by atoms with Crippen LogP contribution in [0.1, 0.15) is 0 Å². The Kier molecular flexibility index (Phi) is 0.978. The van der Waals surface area contributed by atoms with Crippen molar-refractivity contribution in [3.05, 3.63) is 12.4 Å². The smallest absolute Gasteiger partial charge is 0.200 e. The molecule has 0 aliphatic carbocycles. The number of aromatic amines is 1. The second-order valence-corrected chi connectivity index (χ2v) is 1.13. The van der Waals surface area contributed by atoms with Crippen molar-refractivity contribution in [2.75, 3.05) is 12.4 Å². The lowest BCUT2D eigenvalue weighted by Gasteiger charge is -1.85. The van der Waals surface area contributed by atoms with Gasteiger partial charge in [-0.25, -0.2) is 4.98 Å². The number of aromatic nitrogens is 2. The average Bonchev–Trinajstić information content (AvgIpc) is 2.14. The van der Waals surface area contributed by atoms with Crippen LogP contribution in [-0.4, -0.2) is 17.0 Å². The molecule has 0 fully saturated rings. The summed E-state index contributed by atoms with van der Waals surface area (Å²) < 4.78 is 0. The minimum absolute atomic E-state index is 0.750. The third-order valence-corrected chi connectivity index (χ3v) is 0.686. The van der Waals surface area contributed by atoms with Gasteiger partial charge in [-0.2, -0.15) is 0 Å². The maximum absolute atomic E-state index is 3.81. The molecular weight excluding hydrogens is 90.1 g/mol. The Morgan fingerprint density at radius 2 is 2.86 bits per heavy atom. The van der Waals surface area contributed by atoms with E-state index in [2.05, 4.69) is 21.5 Å². The molecule has 0 saturated heterocycles. The standard InChI is InChI=1S/C4H6N3/c1-5-4-6-2-3-7-4/h2H,1H3,(H2,5,6,7). The zero-order chi connectivity index (χ0) is 5.11. The normalized spacial score (nSPS) is 8.71. The number of anilines is 1. The van der Waals surface area contributed by atoms with Crippen molar-refractivity contribution in [3.8, 4) is 0 Å². The predicted octanol–water partition coefficient (Wildman–Crippen LogP) is 0.252. The number of nitrogens with zero attached hydrogens (tertiary/aromatic N) is 1. The molecule has 3 heteroatoms. The zero-order valence-corrected chi connectivity index (χ0v) is 4.02. The van der Waals surface area contributed by atoms with Gasteiger partial charge >= 0.3 is 0 Å². The highest BCUT2D eigenvalue weighted by Crippen LogP contribution is 1.88. The highest BCUT2D eigenvalue weighted by atomic mass is 15.1. The van der Waals surface area contributed by atoms with Gasteiger partial charge in [0.05, 0.1) is 12.4 Å². The van der Waals surface area contributed by atoms with Crippen molar-refractivity contribution >= 4 is 5.95 Å². The molecular formula is C4H6N3. The van der Waals surface area contributed by atoms with Crippen molar-refractivity contribution in [2.24, 2.45) is 0 Å². The van der Waals surface area contributed by atoms with Crippen molar-refractivity contribution in [1.29, 1.82) is 0 Å². The second kappa shape index (κ2) is 1.64. The third kappa shape index (κ3) is 0.707. The van der Waals surface area contributed by atoms with Crippen LogP contribution in [0, 0.1) is 6.20 Å². The summed E-state index contributed by atoms with van der Waals surface area (Å²) in [5.74, 6) is 0.750. The van der Waals surface area contributed by atoms with E-state index in [9.17, 15) is 0 Å². The van der Waals surface area contributed by atoms with Crippen molar-refractivity contribution in [1.82, 2.24) is 9.97 Å². The van der Waals surface area contributed by atoms with Crippen molar-refractivity contribution in [2.45, 2.75) is 0 Å². The maximum Gasteiger partial charge on any atom is 0.200 e. The summed E-state index contributed by atoms with van der Waals surface area (Å²) in [4.78, 5) is 6.55. The van der Waals surface area contributed by atoms with Crippen LogP contribution in [0.4, 0.5) is 5.95 Å². The van der Waals surface area contributed by atoms with E-state index in [0.717, 1.165) is 5.95 Å². The second-order valence-electron chi connectivity index (χ2n) is 1.13. The van der Waals surface area contributed by atoms with E-state index in [1.165, 1.54) is 0 Å². The number of rotatable bonds is 1. The first kappa shape index (κ1) is 4.18. The summed E-state index contributed by atoms with van der Waals surface area (Å²) in [7, 11) is 1.80. The van der Waals surface area contributed by atoms with Crippen molar-refractivity contribution < 1.29 is 0 Å². The third-order valence-electron chi connectivity index (χ3n) is 0.686. The van der Waals surface area contributed by atoms with Gasteiger partial charge in [0.25, 0.3) is 0 Å². The monoisotopic (exact) mass is 96.1 g/mol. The van der Waals surface area contributed by atoms with Crippen LogP contribution in [-0.2, 0) is 0 Å². The summed E-state index contributed by atoms with van der Waals surface area (Å²) >= 11 is 0. The number of hydrogen-bond acceptors (Lipinski definition) is 2. The van der Waals surface area contributed by atoms with E-state index in [1.807, 2.05) is 0 Å². The Bertz CT molecular complexity index is 121. The van der Waals surface area contributed by atoms with Crippen LogP contribution < -0.4 is 5.32 Å². The first-order chi connectivity index (χ1) is 3.43. The number of hydrogen-bond donors (Lipinski definition) is 2. The average molecular weight is 96.1 g/mol. The van der Waals surface area contributed by atoms with Gasteiger partial charge in [-0.05, 0) is 0 Å². The first-order valence-corrected chi connectivity index (χ1v) is 2.02. The molecule has 0 aliphatic rings. The van der Waals surface area contributed by atoms with Gasteiger partial charge in [-0.15, -0.1) is 0 Å². The Morgan fingerprint density at radius 1 is 2.00 bits per heavy atom. The summed E-state index contributed by atoms with van der Waals surface area (Å²) in [5.41, 5.74) is 0. The largest absolute Gasteiger partial charge is 0.359 e. The van der Waals surface area contributed by atoms with Gasteiger partial charge in [0.1, 0.15) is 0 Å². The summed E-state index contributed by atoms with van der Waals surface area (Å²) in [6, 6.07) is 0. The Hall–Kier alpha value is -0.990. The van der Waals surface area contributed by atoms with Gasteiger partial charge in [0.2, 0.25) is 0 Å². The molecule has 3 nitrogen and oxygen atoms in total. The molecule has 0 amide bonds. The molecule has 1 radical (unpaired) electrons. The topological polar surface area (TPSA) is 40.7 Å². The molecule has 0 aromatic carbocycles. The van der Waals surface area contributed by atoms with E-state index in [4.69, 9.17) is 0 Å². The van der Waals surface area contributed by atoms with E-state index < -0.39 is 0 Å². The van der Waals surface area contributed by atoms with Gasteiger partial charge in [-0.1, -0.05) is 0 Å². The van der Waals surface area contributed by atoms with E-state index in [0.29, 0.717) is 0 Å². The molecule has 1 aromatic heterocycles. The lowest BCUT2D eigenvalue weighted by atomic mass is 11.0. The first-order valence-electron chi connectivity index (χ1n) is 2.02. The molecule has 37 valence electrons. The molecule has 1 heterocycles.